The van der Waals surface area contributed by atoms with E-state index in [1.165, 1.54) is 5.39 Å². The number of hydrogen-bond donors (Lipinski definition) is 1. The maximum atomic E-state index is 9.14. The van der Waals surface area contributed by atoms with E-state index in [2.05, 4.69) is 35.0 Å². The molecule has 1 aromatic heterocycles. The Bertz CT molecular complexity index is 864. The van der Waals surface area contributed by atoms with E-state index in [-0.39, 0.29) is 25.8 Å². The largest absolute Gasteiger partial charge is 1.00 e. The first kappa shape index (κ1) is 14.9. The number of nitrogens with zero attached hydrogens (tertiary/aromatic N) is 1. The van der Waals surface area contributed by atoms with Crippen LogP contribution < -0.4 is 26.4 Å². The Labute approximate surface area is 134 Å². The summed E-state index contributed by atoms with van der Waals surface area (Å²) in [6.07, 6.45) is 2.75. The molecule has 0 aliphatic carbocycles. The zero-order valence-electron chi connectivity index (χ0n) is 12.2. The molecule has 0 spiro atoms. The zero-order valence-corrected chi connectivity index (χ0v) is 12.9. The van der Waals surface area contributed by atoms with Crippen molar-refractivity contribution in [1.82, 2.24) is 0 Å². The Morgan fingerprint density at radius 3 is 2.77 bits per heavy atom. The maximum absolute atomic E-state index is 9.14. The molecule has 0 fully saturated rings. The van der Waals surface area contributed by atoms with Crippen LogP contribution in [0.2, 0.25) is 0 Å². The second-order valence-corrected chi connectivity index (χ2v) is 5.33. The van der Waals surface area contributed by atoms with Gasteiger partial charge in [0, 0.05) is 18.1 Å². The monoisotopic (exact) mass is 317 g/mol. The molecule has 0 bridgehead atoms. The minimum absolute atomic E-state index is 0. The molecule has 0 saturated carbocycles. The highest BCUT2D eigenvalue weighted by molar-refractivity contribution is 6.07. The van der Waals surface area contributed by atoms with E-state index in [1.807, 2.05) is 13.1 Å². The average molecular weight is 318 g/mol. The number of aryl methyl sites for hydroxylation is 1. The second kappa shape index (κ2) is 5.63. The highest BCUT2D eigenvalue weighted by atomic mass is 35.5. The normalized spacial score (nSPS) is 12.6. The van der Waals surface area contributed by atoms with Gasteiger partial charge >= 0.3 is 0 Å². The van der Waals surface area contributed by atoms with Crippen LogP contribution in [-0.2, 0) is 13.5 Å². The molecule has 1 N–H and O–H groups in total. The number of aromatic nitrogens is 1. The molecular weight excluding hydrogens is 302 g/mol. The summed E-state index contributed by atoms with van der Waals surface area (Å²) in [6.45, 7) is 0.440. The molecule has 1 aliphatic rings. The third kappa shape index (κ3) is 2.16. The second-order valence-electron chi connectivity index (χ2n) is 5.33. The van der Waals surface area contributed by atoms with Crippen molar-refractivity contribution in [3.63, 3.8) is 0 Å². The fourth-order valence-corrected chi connectivity index (χ4v) is 3.01. The first-order chi connectivity index (χ1) is 10.3. The summed E-state index contributed by atoms with van der Waals surface area (Å²) in [5, 5.41) is 12.5. The van der Waals surface area contributed by atoms with E-state index in [9.17, 15) is 0 Å². The highest BCUT2D eigenvalue weighted by Gasteiger charge is 2.21. The van der Waals surface area contributed by atoms with Crippen LogP contribution in [0, 0.1) is 0 Å². The van der Waals surface area contributed by atoms with E-state index in [4.69, 9.17) is 14.6 Å². The van der Waals surface area contributed by atoms with Crippen LogP contribution in [0.1, 0.15) is 5.56 Å². The van der Waals surface area contributed by atoms with Gasteiger partial charge in [-0.15, -0.1) is 0 Å². The minimum atomic E-state index is 0. The van der Waals surface area contributed by atoms with Gasteiger partial charge in [0.05, 0.1) is 10.8 Å². The van der Waals surface area contributed by atoms with Crippen molar-refractivity contribution in [3.05, 3.63) is 42.1 Å². The number of benzene rings is 2. The molecular formula is C17H16ClNO3. The van der Waals surface area contributed by atoms with Gasteiger partial charge in [0.25, 0.3) is 0 Å². The first-order valence-electron chi connectivity index (χ1n) is 7.02. The predicted octanol–water partition coefficient (Wildman–Crippen LogP) is -0.915. The van der Waals surface area contributed by atoms with Gasteiger partial charge in [0.1, 0.15) is 7.05 Å². The third-order valence-corrected chi connectivity index (χ3v) is 4.03. The van der Waals surface area contributed by atoms with Crippen molar-refractivity contribution >= 4 is 21.7 Å². The number of pyridine rings is 1. The summed E-state index contributed by atoms with van der Waals surface area (Å²) >= 11 is 0. The van der Waals surface area contributed by atoms with Gasteiger partial charge in [0.15, 0.2) is 17.7 Å². The molecule has 5 heteroatoms. The van der Waals surface area contributed by atoms with E-state index < -0.39 is 0 Å². The van der Waals surface area contributed by atoms with Gasteiger partial charge in [-0.05, 0) is 30.2 Å². The number of halogens is 1. The van der Waals surface area contributed by atoms with Crippen LogP contribution in [0.5, 0.6) is 11.5 Å². The Kier molecular flexibility index (Phi) is 3.81. The lowest BCUT2D eigenvalue weighted by molar-refractivity contribution is -0.643. The molecule has 3 aromatic rings. The van der Waals surface area contributed by atoms with Crippen LogP contribution in [0.4, 0.5) is 0 Å². The molecule has 0 radical (unpaired) electrons. The number of ether oxygens (including phenoxy) is 2. The van der Waals surface area contributed by atoms with E-state index >= 15 is 0 Å². The van der Waals surface area contributed by atoms with Gasteiger partial charge in [-0.2, -0.15) is 0 Å². The van der Waals surface area contributed by atoms with Crippen molar-refractivity contribution < 1.29 is 31.6 Å². The fraction of sp³-hybridized carbons (Fsp3) is 0.235. The lowest BCUT2D eigenvalue weighted by Gasteiger charge is -2.07. The van der Waals surface area contributed by atoms with Crippen molar-refractivity contribution in [2.45, 2.75) is 6.42 Å². The van der Waals surface area contributed by atoms with Gasteiger partial charge < -0.3 is 27.0 Å². The summed E-state index contributed by atoms with van der Waals surface area (Å²) in [5.74, 6) is 1.62. The molecule has 2 heterocycles. The van der Waals surface area contributed by atoms with Crippen molar-refractivity contribution in [3.8, 4) is 11.5 Å². The summed E-state index contributed by atoms with van der Waals surface area (Å²) in [4.78, 5) is 0. The molecule has 4 nitrogen and oxygen atoms in total. The Morgan fingerprint density at radius 2 is 1.95 bits per heavy atom. The summed E-state index contributed by atoms with van der Waals surface area (Å²) in [5.41, 5.74) is 2.29. The fourth-order valence-electron chi connectivity index (χ4n) is 3.01. The Hall–Kier alpha value is -2.04. The predicted molar refractivity (Wildman–Crippen MR) is 79.5 cm³/mol. The van der Waals surface area contributed by atoms with Gasteiger partial charge in [0.2, 0.25) is 12.3 Å². The highest BCUT2D eigenvalue weighted by Crippen LogP contribution is 2.40. The topological polar surface area (TPSA) is 42.6 Å². The maximum Gasteiger partial charge on any atom is 0.231 e. The number of hydrogen-bond acceptors (Lipinski definition) is 3. The SMILES string of the molecule is C[n+]1cc2c3c(ccc2c2cc(CCO)ccc21)OCO3.[Cl-]. The van der Waals surface area contributed by atoms with Crippen molar-refractivity contribution in [2.75, 3.05) is 13.4 Å². The number of fused-ring (bicyclic) bond motifs is 5. The molecule has 0 atom stereocenters. The molecule has 2 aromatic carbocycles. The molecule has 114 valence electrons. The minimum Gasteiger partial charge on any atom is -1.00 e. The van der Waals surface area contributed by atoms with E-state index in [0.717, 1.165) is 33.4 Å². The van der Waals surface area contributed by atoms with Crippen molar-refractivity contribution in [2.24, 2.45) is 7.05 Å². The van der Waals surface area contributed by atoms with Crippen LogP contribution in [0.25, 0.3) is 21.7 Å². The smallest absolute Gasteiger partial charge is 0.231 e. The molecule has 4 rings (SSSR count). The zero-order chi connectivity index (χ0) is 14.4. The average Bonchev–Trinajstić information content (AvgIpc) is 2.96. The first-order valence-corrected chi connectivity index (χ1v) is 7.02. The number of aliphatic hydroxyl groups is 1. The molecule has 22 heavy (non-hydrogen) atoms. The van der Waals surface area contributed by atoms with E-state index in [1.54, 1.807) is 0 Å². The lowest BCUT2D eigenvalue weighted by atomic mass is 10.0. The van der Waals surface area contributed by atoms with Crippen LogP contribution in [-0.4, -0.2) is 18.5 Å². The van der Waals surface area contributed by atoms with Gasteiger partial charge in [-0.1, -0.05) is 6.07 Å². The molecule has 0 amide bonds. The van der Waals surface area contributed by atoms with E-state index in [0.29, 0.717) is 6.42 Å². The summed E-state index contributed by atoms with van der Waals surface area (Å²) < 4.78 is 13.2. The molecule has 1 aliphatic heterocycles. The summed E-state index contributed by atoms with van der Waals surface area (Å²) in [7, 11) is 2.03. The quantitative estimate of drug-likeness (QED) is 0.491. The lowest BCUT2D eigenvalue weighted by Crippen LogP contribution is -3.00. The molecule has 0 unspecified atom stereocenters. The third-order valence-electron chi connectivity index (χ3n) is 4.03. The Morgan fingerprint density at radius 1 is 1.09 bits per heavy atom. The Balaban J connectivity index is 0.00000144. The van der Waals surface area contributed by atoms with Crippen molar-refractivity contribution in [1.29, 1.82) is 0 Å². The van der Waals surface area contributed by atoms with Gasteiger partial charge in [-0.3, -0.25) is 0 Å². The summed E-state index contributed by atoms with van der Waals surface area (Å²) in [6, 6.07) is 10.4. The van der Waals surface area contributed by atoms with Crippen LogP contribution >= 0.6 is 0 Å². The van der Waals surface area contributed by atoms with Crippen LogP contribution in [0.3, 0.4) is 0 Å². The van der Waals surface area contributed by atoms with Crippen LogP contribution in [0.15, 0.2) is 36.5 Å². The number of rotatable bonds is 2. The standard InChI is InChI=1S/C17H16NO3.ClH/c1-18-9-14-12(3-5-16-17(14)21-10-20-16)13-8-11(6-7-19)2-4-15(13)18;/h2-5,8-9,19H,6-7,10H2,1H3;1H/q+1;/p-1. The number of aliphatic hydroxyl groups excluding tert-OH is 1. The van der Waals surface area contributed by atoms with Gasteiger partial charge in [-0.25, -0.2) is 4.57 Å². The molecule has 0 saturated heterocycles.